The van der Waals surface area contributed by atoms with Crippen LogP contribution in [-0.2, 0) is 7.05 Å². The van der Waals surface area contributed by atoms with Gasteiger partial charge in [-0.1, -0.05) is 0 Å². The molecule has 0 aromatic carbocycles. The fraction of sp³-hybridized carbons (Fsp3) is 0.375. The average molecular weight is 269 g/mol. The van der Waals surface area contributed by atoms with E-state index in [0.717, 1.165) is 22.5 Å². The third kappa shape index (κ3) is 2.22. The summed E-state index contributed by atoms with van der Waals surface area (Å²) in [6.07, 6.45) is 5.92. The minimum Gasteiger partial charge on any atom is -0.351 e. The van der Waals surface area contributed by atoms with E-state index >= 15 is 0 Å². The Balaban J connectivity index is 1.88. The number of nitrogens with one attached hydrogen (secondary N) is 1. The maximum absolute atomic E-state index is 12.5. The van der Waals surface area contributed by atoms with Crippen LogP contribution >= 0.6 is 0 Å². The number of aromatic nitrogens is 2. The van der Waals surface area contributed by atoms with Crippen molar-refractivity contribution in [1.29, 1.82) is 0 Å². The average Bonchev–Trinajstić information content (AvgIpc) is 3.21. The van der Waals surface area contributed by atoms with E-state index in [2.05, 4.69) is 14.9 Å². The van der Waals surface area contributed by atoms with Crippen molar-refractivity contribution >= 4 is 11.6 Å². The number of rotatable bonds is 3. The van der Waals surface area contributed by atoms with E-state index < -0.39 is 0 Å². The van der Waals surface area contributed by atoms with Gasteiger partial charge < -0.3 is 9.88 Å². The van der Waals surface area contributed by atoms with Gasteiger partial charge in [0.1, 0.15) is 0 Å². The Morgan fingerprint density at radius 1 is 1.40 bits per heavy atom. The summed E-state index contributed by atoms with van der Waals surface area (Å²) >= 11 is 0. The number of amides is 1. The quantitative estimate of drug-likeness (QED) is 0.930. The van der Waals surface area contributed by atoms with Gasteiger partial charge in [0.25, 0.3) is 5.91 Å². The van der Waals surface area contributed by atoms with Crippen molar-refractivity contribution in [3.63, 3.8) is 0 Å². The molecule has 0 saturated heterocycles. The lowest BCUT2D eigenvalue weighted by Gasteiger charge is -2.07. The summed E-state index contributed by atoms with van der Waals surface area (Å²) in [5, 5.41) is 2.97. The molecule has 104 valence electrons. The van der Waals surface area contributed by atoms with Crippen LogP contribution in [0.4, 0.5) is 5.69 Å². The second-order valence-electron chi connectivity index (χ2n) is 5.55. The van der Waals surface area contributed by atoms with Crippen LogP contribution < -0.4 is 5.32 Å². The predicted octanol–water partition coefficient (Wildman–Crippen LogP) is 3.17. The van der Waals surface area contributed by atoms with Gasteiger partial charge in [0.2, 0.25) is 0 Å². The summed E-state index contributed by atoms with van der Waals surface area (Å²) in [6, 6.07) is 3.87. The largest absolute Gasteiger partial charge is 0.351 e. The molecule has 0 bridgehead atoms. The molecule has 4 heteroatoms. The summed E-state index contributed by atoms with van der Waals surface area (Å²) in [4.78, 5) is 16.5. The van der Waals surface area contributed by atoms with Gasteiger partial charge in [-0.2, -0.15) is 0 Å². The predicted molar refractivity (Wildman–Crippen MR) is 79.1 cm³/mol. The number of nitrogens with zero attached hydrogens (tertiary/aromatic N) is 2. The monoisotopic (exact) mass is 269 g/mol. The lowest BCUT2D eigenvalue weighted by Crippen LogP contribution is -2.13. The minimum atomic E-state index is -0.0423. The third-order valence-corrected chi connectivity index (χ3v) is 4.08. The molecule has 1 saturated carbocycles. The maximum Gasteiger partial charge on any atom is 0.257 e. The first kappa shape index (κ1) is 12.9. The van der Waals surface area contributed by atoms with E-state index in [4.69, 9.17) is 0 Å². The first-order valence-corrected chi connectivity index (χ1v) is 6.96. The fourth-order valence-electron chi connectivity index (χ4n) is 2.53. The van der Waals surface area contributed by atoms with Crippen molar-refractivity contribution in [1.82, 2.24) is 9.55 Å². The molecule has 1 amide bonds. The Morgan fingerprint density at radius 2 is 2.15 bits per heavy atom. The lowest BCUT2D eigenvalue weighted by molar-refractivity contribution is 0.102. The number of carbonyl (C=O) groups excluding carboxylic acids is 1. The van der Waals surface area contributed by atoms with Crippen LogP contribution in [0, 0.1) is 13.8 Å². The Bertz CT molecular complexity index is 668. The van der Waals surface area contributed by atoms with E-state index in [0.29, 0.717) is 5.92 Å². The second-order valence-corrected chi connectivity index (χ2v) is 5.55. The first-order valence-electron chi connectivity index (χ1n) is 6.96. The van der Waals surface area contributed by atoms with Crippen molar-refractivity contribution in [2.75, 3.05) is 5.32 Å². The molecule has 0 radical (unpaired) electrons. The van der Waals surface area contributed by atoms with Crippen molar-refractivity contribution in [3.8, 4) is 0 Å². The molecule has 0 aliphatic heterocycles. The Labute approximate surface area is 118 Å². The zero-order valence-corrected chi connectivity index (χ0v) is 12.1. The van der Waals surface area contributed by atoms with Crippen LogP contribution in [0.1, 0.15) is 46.1 Å². The number of pyridine rings is 1. The molecule has 1 fully saturated rings. The van der Waals surface area contributed by atoms with Crippen LogP contribution in [0.25, 0.3) is 0 Å². The fourth-order valence-corrected chi connectivity index (χ4v) is 2.53. The van der Waals surface area contributed by atoms with Crippen molar-refractivity contribution < 1.29 is 4.79 Å². The van der Waals surface area contributed by atoms with E-state index in [9.17, 15) is 4.79 Å². The SMILES string of the molecule is Cc1cnccc1NC(=O)c1cc(C2CC2)n(C)c1C. The first-order chi connectivity index (χ1) is 9.58. The molecule has 0 atom stereocenters. The normalized spacial score (nSPS) is 14.3. The Hall–Kier alpha value is -2.10. The summed E-state index contributed by atoms with van der Waals surface area (Å²) in [7, 11) is 2.04. The number of hydrogen-bond acceptors (Lipinski definition) is 2. The molecular weight excluding hydrogens is 250 g/mol. The second kappa shape index (κ2) is 4.78. The molecule has 20 heavy (non-hydrogen) atoms. The molecule has 3 rings (SSSR count). The topological polar surface area (TPSA) is 46.9 Å². The van der Waals surface area contributed by atoms with E-state index in [-0.39, 0.29) is 5.91 Å². The van der Waals surface area contributed by atoms with Crippen molar-refractivity contribution in [3.05, 3.63) is 47.0 Å². The summed E-state index contributed by atoms with van der Waals surface area (Å²) in [6.45, 7) is 3.94. The molecule has 1 N–H and O–H groups in total. The third-order valence-electron chi connectivity index (χ3n) is 4.08. The van der Waals surface area contributed by atoms with Crippen LogP contribution in [0.2, 0.25) is 0 Å². The Kier molecular flexibility index (Phi) is 3.08. The maximum atomic E-state index is 12.5. The van der Waals surface area contributed by atoms with Gasteiger partial charge in [0.05, 0.1) is 5.56 Å². The van der Waals surface area contributed by atoms with Crippen LogP contribution in [0.3, 0.4) is 0 Å². The highest BCUT2D eigenvalue weighted by Crippen LogP contribution is 2.41. The summed E-state index contributed by atoms with van der Waals surface area (Å²) in [5.41, 5.74) is 4.86. The molecular formula is C16H19N3O. The van der Waals surface area contributed by atoms with Gasteiger partial charge in [-0.15, -0.1) is 0 Å². The molecule has 2 heterocycles. The molecule has 2 aromatic rings. The van der Waals surface area contributed by atoms with E-state index in [1.807, 2.05) is 33.0 Å². The van der Waals surface area contributed by atoms with Crippen LogP contribution in [0.5, 0.6) is 0 Å². The molecule has 0 spiro atoms. The van der Waals surface area contributed by atoms with Gasteiger partial charge in [0.15, 0.2) is 0 Å². The van der Waals surface area contributed by atoms with E-state index in [1.165, 1.54) is 18.5 Å². The van der Waals surface area contributed by atoms with Crippen LogP contribution in [-0.4, -0.2) is 15.5 Å². The zero-order chi connectivity index (χ0) is 14.3. The smallest absolute Gasteiger partial charge is 0.257 e. The molecule has 4 nitrogen and oxygen atoms in total. The minimum absolute atomic E-state index is 0.0423. The van der Waals surface area contributed by atoms with Gasteiger partial charge >= 0.3 is 0 Å². The number of hydrogen-bond donors (Lipinski definition) is 1. The lowest BCUT2D eigenvalue weighted by atomic mass is 10.2. The molecule has 1 aliphatic rings. The van der Waals surface area contributed by atoms with E-state index in [1.54, 1.807) is 12.4 Å². The van der Waals surface area contributed by atoms with Gasteiger partial charge in [-0.25, -0.2) is 0 Å². The molecule has 2 aromatic heterocycles. The van der Waals surface area contributed by atoms with Crippen molar-refractivity contribution in [2.24, 2.45) is 7.05 Å². The van der Waals surface area contributed by atoms with Gasteiger partial charge in [0, 0.05) is 36.5 Å². The van der Waals surface area contributed by atoms with Crippen LogP contribution in [0.15, 0.2) is 24.5 Å². The number of aryl methyl sites for hydroxylation is 1. The molecule has 0 unspecified atom stereocenters. The highest BCUT2D eigenvalue weighted by Gasteiger charge is 2.28. The number of anilines is 1. The molecule has 1 aliphatic carbocycles. The zero-order valence-electron chi connectivity index (χ0n) is 12.1. The van der Waals surface area contributed by atoms with Crippen molar-refractivity contribution in [2.45, 2.75) is 32.6 Å². The Morgan fingerprint density at radius 3 is 2.80 bits per heavy atom. The number of carbonyl (C=O) groups is 1. The highest BCUT2D eigenvalue weighted by molar-refractivity contribution is 6.05. The van der Waals surface area contributed by atoms with Gasteiger partial charge in [-0.05, 0) is 50.3 Å². The standard InChI is InChI=1S/C16H19N3O/c1-10-9-17-7-6-14(10)18-16(20)13-8-15(12-4-5-12)19(3)11(13)2/h6-9,12H,4-5H2,1-3H3,(H,17,18,20). The highest BCUT2D eigenvalue weighted by atomic mass is 16.1. The summed E-state index contributed by atoms with van der Waals surface area (Å²) < 4.78 is 2.14. The summed E-state index contributed by atoms with van der Waals surface area (Å²) in [5.74, 6) is 0.599. The van der Waals surface area contributed by atoms with Gasteiger partial charge in [-0.3, -0.25) is 9.78 Å².